The normalized spacial score (nSPS) is 10.6. The van der Waals surface area contributed by atoms with Crippen molar-refractivity contribution < 1.29 is 4.74 Å². The zero-order chi connectivity index (χ0) is 14.7. The average Bonchev–Trinajstić information content (AvgIpc) is 2.71. The number of aryl methyl sites for hydroxylation is 1. The molecule has 5 nitrogen and oxygen atoms in total. The molecule has 1 aromatic carbocycles. The standard InChI is InChI=1S/C12H14Cl2N4OS/c1-3-19-11-9(13)4-8(5-10(11)14)6-15-18-7(2)16-17-12(18)20/h4-5,15H,3,6H2,1-2H3,(H,17,20). The lowest BCUT2D eigenvalue weighted by molar-refractivity contribution is 0.340. The highest BCUT2D eigenvalue weighted by molar-refractivity contribution is 7.71. The predicted molar refractivity (Wildman–Crippen MR) is 82.8 cm³/mol. The number of halogens is 2. The Morgan fingerprint density at radius 2 is 2.05 bits per heavy atom. The summed E-state index contributed by atoms with van der Waals surface area (Å²) >= 11 is 17.4. The number of nitrogens with zero attached hydrogens (tertiary/aromatic N) is 2. The Balaban J connectivity index is 2.17. The summed E-state index contributed by atoms with van der Waals surface area (Å²) in [5, 5.41) is 7.70. The third-order valence-electron chi connectivity index (χ3n) is 2.63. The molecule has 20 heavy (non-hydrogen) atoms. The van der Waals surface area contributed by atoms with Crippen LogP contribution in [0.4, 0.5) is 0 Å². The predicted octanol–water partition coefficient (Wildman–Crippen LogP) is 3.70. The van der Waals surface area contributed by atoms with Crippen LogP contribution < -0.4 is 10.2 Å². The van der Waals surface area contributed by atoms with Crippen molar-refractivity contribution in [1.29, 1.82) is 0 Å². The maximum absolute atomic E-state index is 6.15. The van der Waals surface area contributed by atoms with Crippen molar-refractivity contribution >= 4 is 35.4 Å². The van der Waals surface area contributed by atoms with Crippen molar-refractivity contribution in [2.24, 2.45) is 0 Å². The van der Waals surface area contributed by atoms with Crippen LogP contribution in [0.5, 0.6) is 5.75 Å². The van der Waals surface area contributed by atoms with E-state index in [-0.39, 0.29) is 0 Å². The Bertz CT molecular complexity index is 645. The summed E-state index contributed by atoms with van der Waals surface area (Å²) in [4.78, 5) is 0. The Morgan fingerprint density at radius 3 is 2.55 bits per heavy atom. The molecule has 2 aromatic rings. The molecule has 0 unspecified atom stereocenters. The topological polar surface area (TPSA) is 54.9 Å². The third kappa shape index (κ3) is 3.26. The van der Waals surface area contributed by atoms with E-state index in [4.69, 9.17) is 40.2 Å². The van der Waals surface area contributed by atoms with E-state index in [1.807, 2.05) is 26.0 Å². The van der Waals surface area contributed by atoms with Crippen LogP contribution >= 0.6 is 35.4 Å². The summed E-state index contributed by atoms with van der Waals surface area (Å²) in [5.41, 5.74) is 4.07. The number of hydrogen-bond donors (Lipinski definition) is 2. The summed E-state index contributed by atoms with van der Waals surface area (Å²) in [6, 6.07) is 3.62. The fourth-order valence-corrected chi connectivity index (χ4v) is 2.61. The van der Waals surface area contributed by atoms with Crippen molar-refractivity contribution in [1.82, 2.24) is 14.9 Å². The molecule has 108 valence electrons. The molecule has 0 fully saturated rings. The zero-order valence-electron chi connectivity index (χ0n) is 11.0. The first kappa shape index (κ1) is 15.2. The second-order valence-electron chi connectivity index (χ2n) is 4.07. The summed E-state index contributed by atoms with van der Waals surface area (Å²) in [6.45, 7) is 4.75. The van der Waals surface area contributed by atoms with Crippen LogP contribution in [0, 0.1) is 11.7 Å². The van der Waals surface area contributed by atoms with Crippen molar-refractivity contribution in [2.75, 3.05) is 12.0 Å². The molecule has 0 amide bonds. The molecule has 0 atom stereocenters. The van der Waals surface area contributed by atoms with Crippen LogP contribution in [0.1, 0.15) is 18.3 Å². The molecular formula is C12H14Cl2N4OS. The monoisotopic (exact) mass is 332 g/mol. The third-order valence-corrected chi connectivity index (χ3v) is 3.46. The zero-order valence-corrected chi connectivity index (χ0v) is 13.4. The molecule has 1 aromatic heterocycles. The van der Waals surface area contributed by atoms with Crippen molar-refractivity contribution in [2.45, 2.75) is 20.4 Å². The number of aromatic nitrogens is 3. The average molecular weight is 333 g/mol. The Labute approximate surface area is 131 Å². The molecular weight excluding hydrogens is 319 g/mol. The van der Waals surface area contributed by atoms with Crippen LogP contribution in [0.3, 0.4) is 0 Å². The van der Waals surface area contributed by atoms with Crippen LogP contribution in [0.25, 0.3) is 0 Å². The van der Waals surface area contributed by atoms with Gasteiger partial charge in [0.2, 0.25) is 4.77 Å². The highest BCUT2D eigenvalue weighted by Gasteiger charge is 2.09. The molecule has 0 radical (unpaired) electrons. The number of rotatable bonds is 5. The molecule has 2 N–H and O–H groups in total. The van der Waals surface area contributed by atoms with Gasteiger partial charge in [0.05, 0.1) is 23.2 Å². The van der Waals surface area contributed by atoms with E-state index < -0.39 is 0 Å². The van der Waals surface area contributed by atoms with Gasteiger partial charge in [-0.25, -0.2) is 4.68 Å². The van der Waals surface area contributed by atoms with Gasteiger partial charge in [-0.15, -0.1) is 0 Å². The maximum Gasteiger partial charge on any atom is 0.214 e. The van der Waals surface area contributed by atoms with Gasteiger partial charge in [0.15, 0.2) is 5.75 Å². The summed E-state index contributed by atoms with van der Waals surface area (Å²) in [7, 11) is 0. The number of benzene rings is 1. The van der Waals surface area contributed by atoms with Gasteiger partial charge < -0.3 is 10.2 Å². The summed E-state index contributed by atoms with van der Waals surface area (Å²) in [6.07, 6.45) is 0. The van der Waals surface area contributed by atoms with E-state index in [1.54, 1.807) is 4.68 Å². The van der Waals surface area contributed by atoms with Gasteiger partial charge in [-0.05, 0) is 43.8 Å². The van der Waals surface area contributed by atoms with Crippen LogP contribution in [0.2, 0.25) is 10.0 Å². The number of H-pyrrole nitrogens is 1. The lowest BCUT2D eigenvalue weighted by Crippen LogP contribution is -2.16. The Morgan fingerprint density at radius 1 is 1.40 bits per heavy atom. The number of hydrogen-bond acceptors (Lipinski definition) is 4. The molecule has 0 saturated heterocycles. The van der Waals surface area contributed by atoms with Gasteiger partial charge in [-0.3, -0.25) is 5.10 Å². The lowest BCUT2D eigenvalue weighted by atomic mass is 10.2. The molecule has 0 saturated carbocycles. The van der Waals surface area contributed by atoms with Crippen molar-refractivity contribution in [3.05, 3.63) is 38.3 Å². The van der Waals surface area contributed by atoms with E-state index >= 15 is 0 Å². The summed E-state index contributed by atoms with van der Waals surface area (Å²) < 4.78 is 7.58. The van der Waals surface area contributed by atoms with Gasteiger partial charge >= 0.3 is 0 Å². The molecule has 0 aliphatic carbocycles. The lowest BCUT2D eigenvalue weighted by Gasteiger charge is -2.12. The minimum Gasteiger partial charge on any atom is -0.491 e. The quantitative estimate of drug-likeness (QED) is 0.819. The van der Waals surface area contributed by atoms with Gasteiger partial charge in [0, 0.05) is 0 Å². The molecule has 8 heteroatoms. The van der Waals surface area contributed by atoms with Crippen LogP contribution in [-0.2, 0) is 6.54 Å². The first-order valence-corrected chi connectivity index (χ1v) is 7.18. The largest absolute Gasteiger partial charge is 0.491 e. The van der Waals surface area contributed by atoms with E-state index in [0.29, 0.717) is 33.7 Å². The Kier molecular flexibility index (Phi) is 4.91. The van der Waals surface area contributed by atoms with E-state index in [1.165, 1.54) is 0 Å². The highest BCUT2D eigenvalue weighted by Crippen LogP contribution is 2.34. The van der Waals surface area contributed by atoms with Gasteiger partial charge in [-0.1, -0.05) is 23.2 Å². The second-order valence-corrected chi connectivity index (χ2v) is 5.27. The SMILES string of the molecule is CCOc1c(Cl)cc(CNn2c(C)n[nH]c2=S)cc1Cl. The van der Waals surface area contributed by atoms with Crippen molar-refractivity contribution in [3.8, 4) is 5.75 Å². The highest BCUT2D eigenvalue weighted by atomic mass is 35.5. The fraction of sp³-hybridized carbons (Fsp3) is 0.333. The fourth-order valence-electron chi connectivity index (χ4n) is 1.73. The maximum atomic E-state index is 6.15. The van der Waals surface area contributed by atoms with Gasteiger partial charge in [0.25, 0.3) is 0 Å². The first-order chi connectivity index (χ1) is 9.52. The van der Waals surface area contributed by atoms with Crippen LogP contribution in [-0.4, -0.2) is 21.5 Å². The molecule has 1 heterocycles. The molecule has 2 rings (SSSR count). The molecule has 0 spiro atoms. The number of nitrogens with one attached hydrogen (secondary N) is 2. The van der Waals surface area contributed by atoms with E-state index in [2.05, 4.69) is 15.6 Å². The first-order valence-electron chi connectivity index (χ1n) is 6.01. The molecule has 0 bridgehead atoms. The minimum absolute atomic E-state index is 0.490. The smallest absolute Gasteiger partial charge is 0.214 e. The number of ether oxygens (including phenoxy) is 1. The molecule has 0 aliphatic rings. The molecule has 0 aliphatic heterocycles. The summed E-state index contributed by atoms with van der Waals surface area (Å²) in [5.74, 6) is 1.26. The van der Waals surface area contributed by atoms with Gasteiger partial charge in [0.1, 0.15) is 5.82 Å². The Hall–Kier alpha value is -1.24. The van der Waals surface area contributed by atoms with Crippen LogP contribution in [0.15, 0.2) is 12.1 Å². The van der Waals surface area contributed by atoms with Gasteiger partial charge in [-0.2, -0.15) is 5.10 Å². The minimum atomic E-state index is 0.490. The number of aromatic amines is 1. The van der Waals surface area contributed by atoms with E-state index in [9.17, 15) is 0 Å². The second kappa shape index (κ2) is 6.47. The van der Waals surface area contributed by atoms with E-state index in [0.717, 1.165) is 11.4 Å². The van der Waals surface area contributed by atoms with Crippen molar-refractivity contribution in [3.63, 3.8) is 0 Å².